The van der Waals surface area contributed by atoms with Gasteiger partial charge in [0.25, 0.3) is 0 Å². The Morgan fingerprint density at radius 1 is 1.13 bits per heavy atom. The molecule has 0 saturated carbocycles. The van der Waals surface area contributed by atoms with Crippen LogP contribution in [0.5, 0.6) is 0 Å². The molecule has 2 aliphatic rings. The van der Waals surface area contributed by atoms with E-state index in [2.05, 4.69) is 54.0 Å². The van der Waals surface area contributed by atoms with Crippen LogP contribution in [-0.4, -0.2) is 73.7 Å². The highest BCUT2D eigenvalue weighted by Gasteiger charge is 2.26. The fourth-order valence-corrected chi connectivity index (χ4v) is 4.45. The average molecular weight is 556 g/mol. The third-order valence-electron chi connectivity index (χ3n) is 5.97. The first-order valence-corrected chi connectivity index (χ1v) is 11.0. The minimum atomic E-state index is 0. The van der Waals surface area contributed by atoms with Crippen LogP contribution >= 0.6 is 35.6 Å². The van der Waals surface area contributed by atoms with Crippen LogP contribution in [0.25, 0.3) is 0 Å². The summed E-state index contributed by atoms with van der Waals surface area (Å²) >= 11 is 6.22. The van der Waals surface area contributed by atoms with E-state index in [9.17, 15) is 0 Å². The zero-order valence-electron chi connectivity index (χ0n) is 18.2. The maximum Gasteiger partial charge on any atom is 0.225 e. The van der Waals surface area contributed by atoms with E-state index in [1.807, 2.05) is 19.2 Å². The molecule has 1 unspecified atom stereocenters. The average Bonchev–Trinajstić information content (AvgIpc) is 3.26. The summed E-state index contributed by atoms with van der Waals surface area (Å²) < 4.78 is 0. The van der Waals surface area contributed by atoms with Gasteiger partial charge in [-0.3, -0.25) is 4.99 Å². The molecule has 2 aliphatic heterocycles. The number of aliphatic imine (C=N–C) groups is 1. The summed E-state index contributed by atoms with van der Waals surface area (Å²) in [5.41, 5.74) is 2.54. The van der Waals surface area contributed by atoms with Crippen molar-refractivity contribution in [2.45, 2.75) is 13.3 Å². The van der Waals surface area contributed by atoms with Gasteiger partial charge in [0, 0.05) is 76.0 Å². The number of hydrogen-bond acceptors (Lipinski definition) is 5. The predicted octanol–water partition coefficient (Wildman–Crippen LogP) is 3.28. The van der Waals surface area contributed by atoms with Crippen LogP contribution in [0.15, 0.2) is 41.7 Å². The Balaban J connectivity index is 0.00000272. The van der Waals surface area contributed by atoms with E-state index in [4.69, 9.17) is 11.6 Å². The number of piperazine rings is 1. The monoisotopic (exact) mass is 555 g/mol. The Morgan fingerprint density at radius 2 is 1.87 bits per heavy atom. The topological polar surface area (TPSA) is 59.9 Å². The molecule has 2 aromatic rings. The summed E-state index contributed by atoms with van der Waals surface area (Å²) in [6, 6.07) is 8.00. The highest BCUT2D eigenvalue weighted by molar-refractivity contribution is 14.0. The second-order valence-corrected chi connectivity index (χ2v) is 8.42. The summed E-state index contributed by atoms with van der Waals surface area (Å²) in [6.07, 6.45) is 4.77. The molecular weight excluding hydrogens is 525 g/mol. The number of aryl methyl sites for hydroxylation is 1. The van der Waals surface area contributed by atoms with E-state index in [-0.39, 0.29) is 24.0 Å². The number of hydrogen-bond donors (Lipinski definition) is 1. The second-order valence-electron chi connectivity index (χ2n) is 7.98. The minimum absolute atomic E-state index is 0. The Morgan fingerprint density at radius 3 is 2.58 bits per heavy atom. The molecule has 31 heavy (non-hydrogen) atoms. The largest absolute Gasteiger partial charge is 0.371 e. The predicted molar refractivity (Wildman–Crippen MR) is 139 cm³/mol. The first-order chi connectivity index (χ1) is 14.6. The van der Waals surface area contributed by atoms with Gasteiger partial charge >= 0.3 is 0 Å². The first kappa shape index (κ1) is 23.8. The van der Waals surface area contributed by atoms with Crippen molar-refractivity contribution in [3.8, 4) is 0 Å². The fraction of sp³-hybridized carbons (Fsp3) is 0.500. The van der Waals surface area contributed by atoms with Crippen molar-refractivity contribution < 1.29 is 0 Å². The Hall–Kier alpha value is -1.81. The van der Waals surface area contributed by atoms with Gasteiger partial charge in [0.05, 0.1) is 0 Å². The number of anilines is 2. The van der Waals surface area contributed by atoms with Crippen LogP contribution < -0.4 is 15.1 Å². The van der Waals surface area contributed by atoms with Gasteiger partial charge < -0.3 is 20.0 Å². The van der Waals surface area contributed by atoms with Crippen LogP contribution in [-0.2, 0) is 0 Å². The molecule has 1 N–H and O–H groups in total. The Kier molecular flexibility index (Phi) is 8.59. The van der Waals surface area contributed by atoms with E-state index in [1.165, 1.54) is 17.7 Å². The SMILES string of the molecule is CN=C(NCC1CCN(c2cc(Cl)ccc2C)C1)N1CCN(c2ncccn2)CC1.I. The van der Waals surface area contributed by atoms with E-state index in [0.717, 1.165) is 62.7 Å². The highest BCUT2D eigenvalue weighted by atomic mass is 127. The molecule has 0 radical (unpaired) electrons. The number of benzene rings is 1. The van der Waals surface area contributed by atoms with Crippen molar-refractivity contribution in [3.05, 3.63) is 47.2 Å². The standard InChI is InChI=1S/C22H30ClN7.HI/c1-17-4-5-19(23)14-20(17)30-9-6-18(16-30)15-27-21(24-2)28-10-12-29(13-11-28)22-25-7-3-8-26-22;/h3-5,7-8,14,18H,6,9-13,15-16H2,1-2H3,(H,24,27);1H. The lowest BCUT2D eigenvalue weighted by Gasteiger charge is -2.36. The van der Waals surface area contributed by atoms with Crippen LogP contribution in [0.1, 0.15) is 12.0 Å². The molecule has 2 saturated heterocycles. The van der Waals surface area contributed by atoms with E-state index in [1.54, 1.807) is 12.4 Å². The zero-order valence-corrected chi connectivity index (χ0v) is 21.3. The van der Waals surface area contributed by atoms with E-state index >= 15 is 0 Å². The van der Waals surface area contributed by atoms with Crippen LogP contribution in [0.4, 0.5) is 11.6 Å². The summed E-state index contributed by atoms with van der Waals surface area (Å²) in [7, 11) is 1.87. The fourth-order valence-electron chi connectivity index (χ4n) is 4.28. The molecule has 1 aromatic carbocycles. The van der Waals surface area contributed by atoms with Crippen LogP contribution in [0.3, 0.4) is 0 Å². The highest BCUT2D eigenvalue weighted by Crippen LogP contribution is 2.29. The molecule has 168 valence electrons. The number of guanidine groups is 1. The second kappa shape index (κ2) is 11.2. The Labute approximate surface area is 206 Å². The zero-order chi connectivity index (χ0) is 20.9. The molecule has 1 atom stereocenters. The molecule has 9 heteroatoms. The van der Waals surface area contributed by atoms with Gasteiger partial charge in [-0.2, -0.15) is 0 Å². The summed E-state index contributed by atoms with van der Waals surface area (Å²) in [5.74, 6) is 2.39. The lowest BCUT2D eigenvalue weighted by molar-refractivity contribution is 0.367. The molecule has 0 aliphatic carbocycles. The summed E-state index contributed by atoms with van der Waals surface area (Å²) in [5, 5.41) is 4.41. The molecule has 7 nitrogen and oxygen atoms in total. The van der Waals surface area contributed by atoms with Crippen molar-refractivity contribution in [2.75, 3.05) is 62.7 Å². The third-order valence-corrected chi connectivity index (χ3v) is 6.21. The van der Waals surface area contributed by atoms with Gasteiger partial charge in [0.15, 0.2) is 5.96 Å². The number of nitrogens with one attached hydrogen (secondary N) is 1. The first-order valence-electron chi connectivity index (χ1n) is 10.6. The normalized spacial score (nSPS) is 19.4. The van der Waals surface area contributed by atoms with Gasteiger partial charge in [-0.15, -0.1) is 24.0 Å². The third kappa shape index (κ3) is 5.91. The number of halogens is 2. The quantitative estimate of drug-likeness (QED) is 0.355. The van der Waals surface area contributed by atoms with E-state index in [0.29, 0.717) is 5.92 Å². The van der Waals surface area contributed by atoms with Gasteiger partial charge in [0.1, 0.15) is 0 Å². The van der Waals surface area contributed by atoms with Crippen molar-refractivity contribution >= 4 is 53.2 Å². The number of nitrogens with zero attached hydrogens (tertiary/aromatic N) is 6. The molecule has 0 bridgehead atoms. The maximum absolute atomic E-state index is 6.22. The van der Waals surface area contributed by atoms with E-state index < -0.39 is 0 Å². The molecule has 0 amide bonds. The van der Waals surface area contributed by atoms with Crippen LogP contribution in [0, 0.1) is 12.8 Å². The molecule has 2 fully saturated rings. The molecule has 1 aromatic heterocycles. The smallest absolute Gasteiger partial charge is 0.225 e. The van der Waals surface area contributed by atoms with Crippen molar-refractivity contribution in [3.63, 3.8) is 0 Å². The summed E-state index contributed by atoms with van der Waals surface area (Å²) in [6.45, 7) is 8.83. The molecule has 0 spiro atoms. The van der Waals surface area contributed by atoms with Crippen molar-refractivity contribution in [1.82, 2.24) is 20.2 Å². The summed E-state index contributed by atoms with van der Waals surface area (Å²) in [4.78, 5) is 20.3. The van der Waals surface area contributed by atoms with Crippen molar-refractivity contribution in [1.29, 1.82) is 0 Å². The molecule has 4 rings (SSSR count). The van der Waals surface area contributed by atoms with Gasteiger partial charge in [-0.25, -0.2) is 9.97 Å². The number of aromatic nitrogens is 2. The lowest BCUT2D eigenvalue weighted by atomic mass is 10.1. The molecular formula is C22H31ClIN7. The van der Waals surface area contributed by atoms with Gasteiger partial charge in [-0.05, 0) is 43.0 Å². The Bertz CT molecular complexity index is 871. The number of rotatable bonds is 4. The molecule has 3 heterocycles. The van der Waals surface area contributed by atoms with Crippen molar-refractivity contribution in [2.24, 2.45) is 10.9 Å². The lowest BCUT2D eigenvalue weighted by Crippen LogP contribution is -2.53. The van der Waals surface area contributed by atoms with Gasteiger partial charge in [0.2, 0.25) is 5.95 Å². The van der Waals surface area contributed by atoms with Gasteiger partial charge in [-0.1, -0.05) is 17.7 Å². The van der Waals surface area contributed by atoms with Crippen LogP contribution in [0.2, 0.25) is 5.02 Å². The maximum atomic E-state index is 6.22. The minimum Gasteiger partial charge on any atom is -0.371 e.